The summed E-state index contributed by atoms with van der Waals surface area (Å²) in [6.45, 7) is 1.94. The number of sulfonamides is 1. The zero-order chi connectivity index (χ0) is 15.5. The molecule has 112 valence electrons. The Morgan fingerprint density at radius 3 is 2.57 bits per heavy atom. The van der Waals surface area contributed by atoms with Crippen molar-refractivity contribution in [3.05, 3.63) is 64.2 Å². The van der Waals surface area contributed by atoms with Crippen molar-refractivity contribution in [2.75, 3.05) is 0 Å². The highest BCUT2D eigenvalue weighted by Crippen LogP contribution is 2.21. The van der Waals surface area contributed by atoms with E-state index in [0.29, 0.717) is 5.56 Å². The van der Waals surface area contributed by atoms with Crippen LogP contribution in [-0.2, 0) is 23.2 Å². The third-order valence-electron chi connectivity index (χ3n) is 3.05. The summed E-state index contributed by atoms with van der Waals surface area (Å²) in [6, 6.07) is 11.9. The van der Waals surface area contributed by atoms with Crippen molar-refractivity contribution in [2.45, 2.75) is 25.0 Å². The van der Waals surface area contributed by atoms with Gasteiger partial charge in [0, 0.05) is 11.6 Å². The van der Waals surface area contributed by atoms with E-state index < -0.39 is 10.0 Å². The molecule has 2 N–H and O–H groups in total. The Kier molecular flexibility index (Phi) is 5.00. The van der Waals surface area contributed by atoms with Crippen LogP contribution in [0, 0.1) is 6.92 Å². The van der Waals surface area contributed by atoms with Crippen molar-refractivity contribution in [3.63, 3.8) is 0 Å². The molecule has 4 nitrogen and oxygen atoms in total. The normalized spacial score (nSPS) is 11.6. The van der Waals surface area contributed by atoms with E-state index in [2.05, 4.69) is 4.72 Å². The Labute approximate surface area is 129 Å². The van der Waals surface area contributed by atoms with Gasteiger partial charge < -0.3 is 5.11 Å². The number of aliphatic hydroxyl groups is 1. The predicted molar refractivity (Wildman–Crippen MR) is 82.6 cm³/mol. The molecule has 0 bridgehead atoms. The van der Waals surface area contributed by atoms with Crippen molar-refractivity contribution in [3.8, 4) is 0 Å². The predicted octanol–water partition coefficient (Wildman–Crippen LogP) is 2.62. The van der Waals surface area contributed by atoms with Gasteiger partial charge in [-0.15, -0.1) is 0 Å². The lowest BCUT2D eigenvalue weighted by molar-refractivity contribution is 0.282. The fourth-order valence-corrected chi connectivity index (χ4v) is 3.26. The molecule has 0 aliphatic carbocycles. The summed E-state index contributed by atoms with van der Waals surface area (Å²) in [5.74, 6) is 0. The van der Waals surface area contributed by atoms with E-state index in [-0.39, 0.29) is 23.1 Å². The molecule has 0 radical (unpaired) electrons. The molecule has 6 heteroatoms. The van der Waals surface area contributed by atoms with Crippen molar-refractivity contribution in [1.29, 1.82) is 0 Å². The summed E-state index contributed by atoms with van der Waals surface area (Å²) in [7, 11) is -3.63. The Bertz CT molecular complexity index is 744. The van der Waals surface area contributed by atoms with E-state index in [4.69, 9.17) is 16.7 Å². The summed E-state index contributed by atoms with van der Waals surface area (Å²) in [5.41, 5.74) is 2.45. The Morgan fingerprint density at radius 2 is 1.95 bits per heavy atom. The quantitative estimate of drug-likeness (QED) is 0.888. The number of hydrogen-bond acceptors (Lipinski definition) is 3. The van der Waals surface area contributed by atoms with Crippen LogP contribution in [0.2, 0.25) is 5.02 Å². The number of aliphatic hydroxyl groups excluding tert-OH is 1. The van der Waals surface area contributed by atoms with Gasteiger partial charge in [-0.1, -0.05) is 47.5 Å². The van der Waals surface area contributed by atoms with Crippen LogP contribution in [0.25, 0.3) is 0 Å². The maximum absolute atomic E-state index is 12.2. The van der Waals surface area contributed by atoms with Crippen LogP contribution in [0.5, 0.6) is 0 Å². The smallest absolute Gasteiger partial charge is 0.240 e. The minimum atomic E-state index is -3.63. The molecule has 0 amide bonds. The van der Waals surface area contributed by atoms with Crippen LogP contribution < -0.4 is 4.72 Å². The van der Waals surface area contributed by atoms with Gasteiger partial charge in [-0.3, -0.25) is 0 Å². The third-order valence-corrected chi connectivity index (χ3v) is 4.80. The maximum atomic E-state index is 12.2. The second-order valence-electron chi connectivity index (χ2n) is 4.72. The summed E-state index contributed by atoms with van der Waals surface area (Å²) in [5, 5.41) is 9.27. The van der Waals surface area contributed by atoms with Gasteiger partial charge in [-0.25, -0.2) is 13.1 Å². The first-order valence-corrected chi connectivity index (χ1v) is 8.23. The first kappa shape index (κ1) is 16.0. The number of halogens is 1. The van der Waals surface area contributed by atoms with Crippen molar-refractivity contribution in [2.24, 2.45) is 0 Å². The molecular weight excluding hydrogens is 310 g/mol. The second-order valence-corrected chi connectivity index (χ2v) is 6.90. The van der Waals surface area contributed by atoms with E-state index in [1.165, 1.54) is 18.2 Å². The molecule has 0 saturated carbocycles. The Morgan fingerprint density at radius 1 is 1.19 bits per heavy atom. The number of aryl methyl sites for hydroxylation is 1. The Balaban J connectivity index is 2.17. The third kappa shape index (κ3) is 4.04. The lowest BCUT2D eigenvalue weighted by Gasteiger charge is -2.09. The number of rotatable bonds is 5. The van der Waals surface area contributed by atoms with Crippen LogP contribution in [0.3, 0.4) is 0 Å². The van der Waals surface area contributed by atoms with Gasteiger partial charge in [-0.2, -0.15) is 0 Å². The summed E-state index contributed by atoms with van der Waals surface area (Å²) < 4.78 is 27.0. The lowest BCUT2D eigenvalue weighted by atomic mass is 10.1. The molecule has 0 aromatic heterocycles. The number of benzene rings is 2. The Hall–Kier alpha value is -1.40. The summed E-state index contributed by atoms with van der Waals surface area (Å²) in [6.07, 6.45) is 0. The molecule has 0 unspecified atom stereocenters. The highest BCUT2D eigenvalue weighted by atomic mass is 35.5. The summed E-state index contributed by atoms with van der Waals surface area (Å²) >= 11 is 5.92. The van der Waals surface area contributed by atoms with Gasteiger partial charge in [0.2, 0.25) is 10.0 Å². The van der Waals surface area contributed by atoms with Gasteiger partial charge in [0.05, 0.1) is 11.5 Å². The van der Waals surface area contributed by atoms with E-state index >= 15 is 0 Å². The zero-order valence-corrected chi connectivity index (χ0v) is 13.1. The van der Waals surface area contributed by atoms with Crippen LogP contribution in [-0.4, -0.2) is 13.5 Å². The largest absolute Gasteiger partial charge is 0.392 e. The van der Waals surface area contributed by atoms with Crippen LogP contribution in [0.4, 0.5) is 0 Å². The van der Waals surface area contributed by atoms with Gasteiger partial charge in [0.15, 0.2) is 0 Å². The molecule has 0 atom stereocenters. The fraction of sp³-hybridized carbons (Fsp3) is 0.200. The minimum Gasteiger partial charge on any atom is -0.392 e. The average molecular weight is 326 g/mol. The monoisotopic (exact) mass is 325 g/mol. The van der Waals surface area contributed by atoms with Gasteiger partial charge in [0.25, 0.3) is 0 Å². The number of hydrogen-bond donors (Lipinski definition) is 2. The lowest BCUT2D eigenvalue weighted by Crippen LogP contribution is -2.23. The maximum Gasteiger partial charge on any atom is 0.240 e. The van der Waals surface area contributed by atoms with Gasteiger partial charge in [-0.05, 0) is 30.2 Å². The minimum absolute atomic E-state index is 0.0809. The molecule has 2 aromatic rings. The van der Waals surface area contributed by atoms with Gasteiger partial charge >= 0.3 is 0 Å². The molecule has 2 rings (SSSR count). The molecule has 0 fully saturated rings. The first-order chi connectivity index (χ1) is 9.92. The molecular formula is C15H16ClNO3S. The molecule has 2 aromatic carbocycles. The first-order valence-electron chi connectivity index (χ1n) is 6.37. The van der Waals surface area contributed by atoms with E-state index in [1.54, 1.807) is 0 Å². The van der Waals surface area contributed by atoms with Crippen molar-refractivity contribution < 1.29 is 13.5 Å². The van der Waals surface area contributed by atoms with Crippen LogP contribution >= 0.6 is 11.6 Å². The number of nitrogens with one attached hydrogen (secondary N) is 1. The molecule has 0 aliphatic heterocycles. The van der Waals surface area contributed by atoms with E-state index in [9.17, 15) is 8.42 Å². The fourth-order valence-electron chi connectivity index (χ4n) is 1.91. The zero-order valence-electron chi connectivity index (χ0n) is 11.5. The van der Waals surface area contributed by atoms with Gasteiger partial charge in [0.1, 0.15) is 0 Å². The highest BCUT2D eigenvalue weighted by Gasteiger charge is 2.15. The van der Waals surface area contributed by atoms with E-state index in [1.807, 2.05) is 31.2 Å². The van der Waals surface area contributed by atoms with Crippen LogP contribution in [0.1, 0.15) is 16.7 Å². The second kappa shape index (κ2) is 6.58. The summed E-state index contributed by atoms with van der Waals surface area (Å²) in [4.78, 5) is 0.0809. The molecule has 21 heavy (non-hydrogen) atoms. The topological polar surface area (TPSA) is 66.4 Å². The van der Waals surface area contributed by atoms with E-state index in [0.717, 1.165) is 11.1 Å². The van der Waals surface area contributed by atoms with Crippen molar-refractivity contribution in [1.82, 2.24) is 4.72 Å². The standard InChI is InChI=1S/C15H16ClNO3S/c1-11-3-2-4-12(7-11)9-17-21(19,20)14-6-5-13(10-18)15(16)8-14/h2-8,17-18H,9-10H2,1H3. The van der Waals surface area contributed by atoms with Crippen molar-refractivity contribution >= 4 is 21.6 Å². The van der Waals surface area contributed by atoms with Crippen LogP contribution in [0.15, 0.2) is 47.4 Å². The molecule has 0 heterocycles. The highest BCUT2D eigenvalue weighted by molar-refractivity contribution is 7.89. The average Bonchev–Trinajstić information content (AvgIpc) is 2.45. The molecule has 0 saturated heterocycles. The molecule has 0 spiro atoms. The SMILES string of the molecule is Cc1cccc(CNS(=O)(=O)c2ccc(CO)c(Cl)c2)c1. The molecule has 0 aliphatic rings.